The molecule has 110 valence electrons. The van der Waals surface area contributed by atoms with E-state index in [2.05, 4.69) is 24.0 Å². The summed E-state index contributed by atoms with van der Waals surface area (Å²) in [6.45, 7) is 4.85. The molecule has 0 bridgehead atoms. The zero-order chi connectivity index (χ0) is 14.1. The van der Waals surface area contributed by atoms with Gasteiger partial charge < -0.3 is 15.2 Å². The lowest BCUT2D eigenvalue weighted by molar-refractivity contribution is -0.0304. The molecule has 1 aliphatic carbocycles. The minimum Gasteiger partial charge on any atom is -0.497 e. The third kappa shape index (κ3) is 2.43. The lowest BCUT2D eigenvalue weighted by Crippen LogP contribution is -2.54. The summed E-state index contributed by atoms with van der Waals surface area (Å²) in [5.41, 5.74) is 9.19. The summed E-state index contributed by atoms with van der Waals surface area (Å²) in [6.07, 6.45) is 2.23. The molecule has 4 heteroatoms. The molecule has 4 nitrogen and oxygen atoms in total. The van der Waals surface area contributed by atoms with Crippen LogP contribution in [0.3, 0.4) is 0 Å². The van der Waals surface area contributed by atoms with E-state index in [1.165, 1.54) is 11.1 Å². The second kappa shape index (κ2) is 5.72. The lowest BCUT2D eigenvalue weighted by Gasteiger charge is -2.44. The Morgan fingerprint density at radius 3 is 3.00 bits per heavy atom. The number of fused-ring (bicyclic) bond motifs is 1. The molecule has 0 saturated carbocycles. The normalized spacial score (nSPS) is 30.9. The number of hydrogen-bond acceptors (Lipinski definition) is 4. The molecule has 0 spiro atoms. The average molecular weight is 276 g/mol. The highest BCUT2D eigenvalue weighted by atomic mass is 16.5. The summed E-state index contributed by atoms with van der Waals surface area (Å²) in [4.78, 5) is 2.52. The van der Waals surface area contributed by atoms with Crippen molar-refractivity contribution in [3.63, 3.8) is 0 Å². The van der Waals surface area contributed by atoms with Crippen molar-refractivity contribution in [2.24, 2.45) is 5.73 Å². The summed E-state index contributed by atoms with van der Waals surface area (Å²) in [5.74, 6) is 0.898. The van der Waals surface area contributed by atoms with Crippen molar-refractivity contribution in [1.29, 1.82) is 0 Å². The molecule has 1 aliphatic heterocycles. The predicted octanol–water partition coefficient (Wildman–Crippen LogP) is 1.73. The van der Waals surface area contributed by atoms with E-state index in [9.17, 15) is 0 Å². The first-order valence-electron chi connectivity index (χ1n) is 7.46. The van der Waals surface area contributed by atoms with Crippen LogP contribution in [-0.4, -0.2) is 43.9 Å². The smallest absolute Gasteiger partial charge is 0.119 e. The van der Waals surface area contributed by atoms with Crippen molar-refractivity contribution < 1.29 is 9.47 Å². The first-order chi connectivity index (χ1) is 9.70. The fourth-order valence-electron chi connectivity index (χ4n) is 3.53. The molecule has 2 N–H and O–H groups in total. The highest BCUT2D eigenvalue weighted by Crippen LogP contribution is 2.34. The predicted molar refractivity (Wildman–Crippen MR) is 79.0 cm³/mol. The van der Waals surface area contributed by atoms with Crippen molar-refractivity contribution >= 4 is 0 Å². The monoisotopic (exact) mass is 276 g/mol. The summed E-state index contributed by atoms with van der Waals surface area (Å²) in [5, 5.41) is 0. The molecule has 0 aromatic heterocycles. The molecule has 1 aromatic carbocycles. The fourth-order valence-corrected chi connectivity index (χ4v) is 3.53. The van der Waals surface area contributed by atoms with Gasteiger partial charge in [0.25, 0.3) is 0 Å². The van der Waals surface area contributed by atoms with Gasteiger partial charge >= 0.3 is 0 Å². The average Bonchev–Trinajstić information content (AvgIpc) is 2.48. The number of benzene rings is 1. The van der Waals surface area contributed by atoms with Crippen LogP contribution in [-0.2, 0) is 11.2 Å². The van der Waals surface area contributed by atoms with Gasteiger partial charge in [0, 0.05) is 24.7 Å². The van der Waals surface area contributed by atoms with E-state index in [4.69, 9.17) is 15.2 Å². The Hall–Kier alpha value is -1.10. The number of rotatable bonds is 2. The summed E-state index contributed by atoms with van der Waals surface area (Å²) in [7, 11) is 1.71. The minimum absolute atomic E-state index is 0.0643. The van der Waals surface area contributed by atoms with Gasteiger partial charge in [0.1, 0.15) is 5.75 Å². The van der Waals surface area contributed by atoms with Crippen LogP contribution in [0.2, 0.25) is 0 Å². The molecule has 0 radical (unpaired) electrons. The van der Waals surface area contributed by atoms with Crippen LogP contribution in [0, 0.1) is 0 Å². The molecule has 1 fully saturated rings. The van der Waals surface area contributed by atoms with Gasteiger partial charge in [-0.15, -0.1) is 0 Å². The van der Waals surface area contributed by atoms with Crippen LogP contribution in [0.5, 0.6) is 5.75 Å². The third-order valence-electron chi connectivity index (χ3n) is 4.68. The van der Waals surface area contributed by atoms with Crippen LogP contribution >= 0.6 is 0 Å². The zero-order valence-electron chi connectivity index (χ0n) is 12.3. The number of nitrogens with two attached hydrogens (primary N) is 1. The highest BCUT2D eigenvalue weighted by Gasteiger charge is 2.34. The van der Waals surface area contributed by atoms with E-state index < -0.39 is 0 Å². The number of hydrogen-bond donors (Lipinski definition) is 1. The van der Waals surface area contributed by atoms with E-state index in [0.717, 1.165) is 38.3 Å². The van der Waals surface area contributed by atoms with Gasteiger partial charge in [-0.3, -0.25) is 4.90 Å². The van der Waals surface area contributed by atoms with Crippen LogP contribution in [0.25, 0.3) is 0 Å². The number of morpholine rings is 1. The van der Waals surface area contributed by atoms with E-state index in [-0.39, 0.29) is 6.04 Å². The van der Waals surface area contributed by atoms with Gasteiger partial charge in [0.15, 0.2) is 0 Å². The van der Waals surface area contributed by atoms with Crippen LogP contribution in [0.4, 0.5) is 0 Å². The molecule has 3 atom stereocenters. The molecule has 3 rings (SSSR count). The van der Waals surface area contributed by atoms with E-state index in [1.54, 1.807) is 7.11 Å². The number of methoxy groups -OCH3 is 1. The van der Waals surface area contributed by atoms with Gasteiger partial charge in [-0.2, -0.15) is 0 Å². The van der Waals surface area contributed by atoms with Crippen molar-refractivity contribution in [2.75, 3.05) is 26.9 Å². The van der Waals surface area contributed by atoms with Crippen LogP contribution < -0.4 is 10.5 Å². The van der Waals surface area contributed by atoms with Crippen molar-refractivity contribution in [1.82, 2.24) is 4.90 Å². The second-order valence-corrected chi connectivity index (χ2v) is 5.86. The molecule has 20 heavy (non-hydrogen) atoms. The molecule has 1 aromatic rings. The molecular weight excluding hydrogens is 252 g/mol. The van der Waals surface area contributed by atoms with Crippen LogP contribution in [0.1, 0.15) is 30.5 Å². The SMILES string of the molecule is COc1ccc2c(c1)C(N)C(N1CCOCC1C)CC2. The zero-order valence-corrected chi connectivity index (χ0v) is 12.3. The maximum Gasteiger partial charge on any atom is 0.119 e. The van der Waals surface area contributed by atoms with Gasteiger partial charge in [-0.05, 0) is 43.0 Å². The molecule has 1 saturated heterocycles. The van der Waals surface area contributed by atoms with E-state index >= 15 is 0 Å². The van der Waals surface area contributed by atoms with Gasteiger partial charge in [-0.25, -0.2) is 0 Å². The first kappa shape index (κ1) is 13.9. The standard InChI is InChI=1S/C16H24N2O2/c1-11-10-20-8-7-18(11)15-6-4-12-3-5-13(19-2)9-14(12)16(15)17/h3,5,9,11,15-16H,4,6-8,10,17H2,1-2H3. The molecule has 0 amide bonds. The maximum atomic E-state index is 6.57. The Bertz CT molecular complexity index is 478. The molecular formula is C16H24N2O2. The molecule has 3 unspecified atom stereocenters. The van der Waals surface area contributed by atoms with Gasteiger partial charge in [0.2, 0.25) is 0 Å². The molecule has 2 aliphatic rings. The Morgan fingerprint density at radius 2 is 2.25 bits per heavy atom. The van der Waals surface area contributed by atoms with E-state index in [1.807, 2.05) is 6.07 Å². The highest BCUT2D eigenvalue weighted by molar-refractivity contribution is 5.40. The molecule has 1 heterocycles. The Balaban J connectivity index is 1.85. The quantitative estimate of drug-likeness (QED) is 0.893. The number of nitrogens with zero attached hydrogens (tertiary/aromatic N) is 1. The topological polar surface area (TPSA) is 47.7 Å². The summed E-state index contributed by atoms with van der Waals surface area (Å²) >= 11 is 0. The van der Waals surface area contributed by atoms with Crippen molar-refractivity contribution in [2.45, 2.75) is 37.9 Å². The number of aryl methyl sites for hydroxylation is 1. The lowest BCUT2D eigenvalue weighted by atomic mass is 9.83. The minimum atomic E-state index is 0.0643. The Kier molecular flexibility index (Phi) is 3.96. The van der Waals surface area contributed by atoms with Crippen molar-refractivity contribution in [3.05, 3.63) is 29.3 Å². The second-order valence-electron chi connectivity index (χ2n) is 5.86. The summed E-state index contributed by atoms with van der Waals surface area (Å²) in [6, 6.07) is 7.22. The summed E-state index contributed by atoms with van der Waals surface area (Å²) < 4.78 is 10.9. The van der Waals surface area contributed by atoms with Crippen LogP contribution in [0.15, 0.2) is 18.2 Å². The fraction of sp³-hybridized carbons (Fsp3) is 0.625. The Morgan fingerprint density at radius 1 is 1.40 bits per heavy atom. The maximum absolute atomic E-state index is 6.57. The Labute approximate surface area is 120 Å². The van der Waals surface area contributed by atoms with E-state index in [0.29, 0.717) is 12.1 Å². The first-order valence-corrected chi connectivity index (χ1v) is 7.46. The van der Waals surface area contributed by atoms with Gasteiger partial charge in [-0.1, -0.05) is 6.07 Å². The van der Waals surface area contributed by atoms with Crippen molar-refractivity contribution in [3.8, 4) is 5.75 Å². The van der Waals surface area contributed by atoms with Gasteiger partial charge in [0.05, 0.1) is 20.3 Å². The third-order valence-corrected chi connectivity index (χ3v) is 4.68. The number of ether oxygens (including phenoxy) is 2. The largest absolute Gasteiger partial charge is 0.497 e.